The zero-order chi connectivity index (χ0) is 4.12. The number of nitrogens with one attached hydrogen (secondary N) is 1. The van der Waals surface area contributed by atoms with Gasteiger partial charge in [-0.1, -0.05) is 13.8 Å². The Morgan fingerprint density at radius 2 is 1.50 bits per heavy atom. The van der Waals surface area contributed by atoms with Crippen LogP contribution in [0.3, 0.4) is 0 Å². The molecule has 0 amide bonds. The van der Waals surface area contributed by atoms with Crippen LogP contribution in [0.2, 0.25) is 0 Å². The Bertz CT molecular complexity index is 15.0. The van der Waals surface area contributed by atoms with Gasteiger partial charge in [0.15, 0.2) is 0 Å². The van der Waals surface area contributed by atoms with Gasteiger partial charge in [-0.15, -0.1) is 0 Å². The predicted molar refractivity (Wildman–Crippen MR) is 30.0 cm³/mol. The molecule has 0 bridgehead atoms. The third-order valence-electron chi connectivity index (χ3n) is 0.500. The predicted octanol–water partition coefficient (Wildman–Crippen LogP) is 0.235. The topological polar surface area (TPSA) is 12.0 Å². The molecule has 34 valence electrons. The first-order valence-corrected chi connectivity index (χ1v) is 2.12. The Kier molecular flexibility index (Phi) is 16.3. The minimum atomic E-state index is 0. The van der Waals surface area contributed by atoms with Crippen LogP contribution >= 0.6 is 0 Å². The van der Waals surface area contributed by atoms with Crippen molar-refractivity contribution in [1.29, 1.82) is 0 Å². The van der Waals surface area contributed by atoms with E-state index in [0.717, 1.165) is 13.1 Å². The van der Waals surface area contributed by atoms with Crippen molar-refractivity contribution in [2.75, 3.05) is 13.1 Å². The van der Waals surface area contributed by atoms with E-state index < -0.39 is 0 Å². The van der Waals surface area contributed by atoms with Crippen LogP contribution in [0.1, 0.15) is 13.8 Å². The molecule has 0 rings (SSSR count). The van der Waals surface area contributed by atoms with Crippen molar-refractivity contribution in [1.82, 2.24) is 5.32 Å². The van der Waals surface area contributed by atoms with Crippen LogP contribution in [0, 0.1) is 0 Å². The van der Waals surface area contributed by atoms with Gasteiger partial charge >= 0.3 is 0 Å². The fourth-order valence-electron chi connectivity index (χ4n) is 0.250. The second-order valence-electron chi connectivity index (χ2n) is 0.957. The second-order valence-corrected chi connectivity index (χ2v) is 0.957. The average molecular weight is 113 g/mol. The van der Waals surface area contributed by atoms with Gasteiger partial charge < -0.3 is 5.32 Å². The van der Waals surface area contributed by atoms with E-state index in [-0.39, 0.29) is 37.7 Å². The molecule has 1 N–H and O–H groups in total. The summed E-state index contributed by atoms with van der Waals surface area (Å²) in [7, 11) is 0. The molecule has 0 aliphatic rings. The van der Waals surface area contributed by atoms with Crippen molar-refractivity contribution < 1.29 is 0 Å². The van der Waals surface area contributed by atoms with Crippen molar-refractivity contribution in [3.05, 3.63) is 0 Å². The normalized spacial score (nSPS) is 7.00. The zero-order valence-corrected chi connectivity index (χ0v) is 6.83. The van der Waals surface area contributed by atoms with Gasteiger partial charge in [0.1, 0.15) is 0 Å². The number of hydrogen-bond donors (Lipinski definition) is 1. The largest absolute Gasteiger partial charge is 0.317 e. The molecule has 0 saturated heterocycles. The summed E-state index contributed by atoms with van der Waals surface area (Å²) >= 11 is 0. The molecule has 0 heterocycles. The van der Waals surface area contributed by atoms with Gasteiger partial charge in [0, 0.05) is 37.7 Å². The van der Waals surface area contributed by atoms with E-state index in [1.54, 1.807) is 0 Å². The van der Waals surface area contributed by atoms with E-state index in [9.17, 15) is 0 Å². The van der Waals surface area contributed by atoms with E-state index in [1.165, 1.54) is 0 Å². The summed E-state index contributed by atoms with van der Waals surface area (Å²) in [5, 5.41) is 3.11. The van der Waals surface area contributed by atoms with Crippen LogP contribution in [0.25, 0.3) is 0 Å². The van der Waals surface area contributed by atoms with E-state index in [4.69, 9.17) is 0 Å². The summed E-state index contributed by atoms with van der Waals surface area (Å²) in [4.78, 5) is 0. The van der Waals surface area contributed by atoms with Crippen LogP contribution in [-0.2, 0) is 0 Å². The molecular formula is C4H11CaN. The van der Waals surface area contributed by atoms with Gasteiger partial charge in [0.2, 0.25) is 0 Å². The molecule has 0 atom stereocenters. The Hall–Kier alpha value is 1.22. The first-order valence-electron chi connectivity index (χ1n) is 2.12. The maximum absolute atomic E-state index is 3.11. The minimum absolute atomic E-state index is 0. The van der Waals surface area contributed by atoms with Crippen LogP contribution in [-0.4, -0.2) is 50.8 Å². The second kappa shape index (κ2) is 9.52. The standard InChI is InChI=1S/C4H11N.Ca/c1-3-5-4-2;/h5H,3-4H2,1-2H3;. The number of rotatable bonds is 2. The SMILES string of the molecule is CCNCC.[Ca]. The number of hydrogen-bond acceptors (Lipinski definition) is 1. The summed E-state index contributed by atoms with van der Waals surface area (Å²) in [6.07, 6.45) is 0. The van der Waals surface area contributed by atoms with Gasteiger partial charge in [0.05, 0.1) is 0 Å². The Morgan fingerprint density at radius 1 is 1.17 bits per heavy atom. The van der Waals surface area contributed by atoms with Crippen LogP contribution < -0.4 is 5.32 Å². The molecule has 2 radical (unpaired) electrons. The fraction of sp³-hybridized carbons (Fsp3) is 1.00. The van der Waals surface area contributed by atoms with Crippen molar-refractivity contribution in [3.8, 4) is 0 Å². The Balaban J connectivity index is 0. The van der Waals surface area contributed by atoms with Crippen molar-refractivity contribution in [2.24, 2.45) is 0 Å². The van der Waals surface area contributed by atoms with Gasteiger partial charge in [-0.25, -0.2) is 0 Å². The maximum Gasteiger partial charge on any atom is 0 e. The van der Waals surface area contributed by atoms with Gasteiger partial charge in [-0.2, -0.15) is 0 Å². The fourth-order valence-corrected chi connectivity index (χ4v) is 0.250. The van der Waals surface area contributed by atoms with Crippen molar-refractivity contribution in [2.45, 2.75) is 13.8 Å². The first-order chi connectivity index (χ1) is 2.41. The van der Waals surface area contributed by atoms with E-state index in [2.05, 4.69) is 19.2 Å². The summed E-state index contributed by atoms with van der Waals surface area (Å²) in [6.45, 7) is 6.39. The minimum Gasteiger partial charge on any atom is -0.317 e. The molecule has 1 nitrogen and oxygen atoms in total. The summed E-state index contributed by atoms with van der Waals surface area (Å²) in [5.74, 6) is 0. The summed E-state index contributed by atoms with van der Waals surface area (Å²) in [6, 6.07) is 0. The van der Waals surface area contributed by atoms with Crippen LogP contribution in [0.5, 0.6) is 0 Å². The Morgan fingerprint density at radius 3 is 1.50 bits per heavy atom. The third-order valence-corrected chi connectivity index (χ3v) is 0.500. The molecular weight excluding hydrogens is 102 g/mol. The molecule has 0 aliphatic carbocycles. The molecule has 0 aromatic carbocycles. The molecule has 2 heteroatoms. The van der Waals surface area contributed by atoms with E-state index in [0.29, 0.717) is 0 Å². The monoisotopic (exact) mass is 113 g/mol. The van der Waals surface area contributed by atoms with E-state index in [1.807, 2.05) is 0 Å². The molecule has 0 aromatic rings. The summed E-state index contributed by atoms with van der Waals surface area (Å²) in [5.41, 5.74) is 0. The van der Waals surface area contributed by atoms with Gasteiger partial charge in [-0.05, 0) is 13.1 Å². The zero-order valence-electron chi connectivity index (χ0n) is 4.62. The summed E-state index contributed by atoms with van der Waals surface area (Å²) < 4.78 is 0. The van der Waals surface area contributed by atoms with Crippen molar-refractivity contribution in [3.63, 3.8) is 0 Å². The first kappa shape index (κ1) is 10.3. The molecule has 0 aromatic heterocycles. The molecule has 0 saturated carbocycles. The molecule has 0 aliphatic heterocycles. The molecule has 0 fully saturated rings. The molecule has 0 unspecified atom stereocenters. The van der Waals surface area contributed by atoms with Crippen LogP contribution in [0.15, 0.2) is 0 Å². The van der Waals surface area contributed by atoms with Gasteiger partial charge in [0.25, 0.3) is 0 Å². The van der Waals surface area contributed by atoms with E-state index >= 15 is 0 Å². The van der Waals surface area contributed by atoms with Crippen LogP contribution in [0.4, 0.5) is 0 Å². The maximum atomic E-state index is 3.11. The Labute approximate surface area is 69.5 Å². The molecule has 6 heavy (non-hydrogen) atoms. The third kappa shape index (κ3) is 8.97. The molecule has 0 spiro atoms. The average Bonchev–Trinajstić information content (AvgIpc) is 1.41. The van der Waals surface area contributed by atoms with Crippen molar-refractivity contribution >= 4 is 37.7 Å². The van der Waals surface area contributed by atoms with Gasteiger partial charge in [-0.3, -0.25) is 0 Å². The quantitative estimate of drug-likeness (QED) is 0.506. The smallest absolute Gasteiger partial charge is 0 e.